The molecule has 0 spiro atoms. The molecule has 0 aliphatic rings. The summed E-state index contributed by atoms with van der Waals surface area (Å²) >= 11 is 0. The molecule has 35 heavy (non-hydrogen) atoms. The highest BCUT2D eigenvalue weighted by Gasteiger charge is 2.24. The van der Waals surface area contributed by atoms with Gasteiger partial charge in [0.1, 0.15) is 23.9 Å². The van der Waals surface area contributed by atoms with E-state index in [1.165, 1.54) is 12.2 Å². The van der Waals surface area contributed by atoms with Crippen molar-refractivity contribution in [3.05, 3.63) is 60.3 Å². The van der Waals surface area contributed by atoms with Crippen LogP contribution in [0.2, 0.25) is 0 Å². The van der Waals surface area contributed by atoms with Gasteiger partial charge in [-0.3, -0.25) is 5.32 Å². The maximum absolute atomic E-state index is 12.3. The zero-order valence-corrected chi connectivity index (χ0v) is 20.6. The number of rotatable bonds is 12. The summed E-state index contributed by atoms with van der Waals surface area (Å²) in [5.74, 6) is -1.43. The number of alkyl carbamates (subject to hydrolysis) is 2. The molecule has 2 N–H and O–H groups in total. The number of benzene rings is 1. The normalized spacial score (nSPS) is 12.1. The molecule has 1 aromatic carbocycles. The molecule has 0 aromatic heterocycles. The zero-order chi connectivity index (χ0) is 26.3. The molecule has 1 atom stereocenters. The summed E-state index contributed by atoms with van der Waals surface area (Å²) in [6, 6.07) is 8.14. The average Bonchev–Trinajstić information content (AvgIpc) is 2.79. The largest absolute Gasteiger partial charge is 0.464 e. The molecule has 2 amide bonds. The maximum Gasteiger partial charge on any atom is 0.412 e. The molecule has 0 aliphatic heterocycles. The number of nitrogens with one attached hydrogen (secondary N) is 2. The highest BCUT2D eigenvalue weighted by Crippen LogP contribution is 2.08. The van der Waals surface area contributed by atoms with E-state index >= 15 is 0 Å². The Morgan fingerprint density at radius 2 is 1.66 bits per heavy atom. The molecule has 0 unspecified atom stereocenters. The van der Waals surface area contributed by atoms with Crippen LogP contribution in [-0.2, 0) is 35.1 Å². The van der Waals surface area contributed by atoms with Crippen LogP contribution in [0.4, 0.5) is 9.59 Å². The standard InChI is InChI=1S/C25H34N2O8/c1-6-12-20(27-24(31)35-25(3,4)5)22(29)33-16-11-15-32-21(28)19(7-2)26-23(30)34-17-18-13-9-8-10-14-18/h6-10,13-14,20H,1,11-12,15-17H2,2-5H3,(H,26,30)(H,27,31)/b19-7+/t20-/m0/s1. The maximum atomic E-state index is 12.3. The minimum atomic E-state index is -0.953. The summed E-state index contributed by atoms with van der Waals surface area (Å²) in [5, 5.41) is 4.78. The Morgan fingerprint density at radius 3 is 2.26 bits per heavy atom. The Balaban J connectivity index is 2.36. The van der Waals surface area contributed by atoms with Gasteiger partial charge < -0.3 is 24.3 Å². The summed E-state index contributed by atoms with van der Waals surface area (Å²) in [5.41, 5.74) is 0.0154. The lowest BCUT2D eigenvalue weighted by atomic mass is 10.2. The Hall–Kier alpha value is -3.82. The van der Waals surface area contributed by atoms with Crippen LogP contribution in [0.15, 0.2) is 54.8 Å². The minimum Gasteiger partial charge on any atom is -0.464 e. The molecule has 10 heteroatoms. The van der Waals surface area contributed by atoms with Crippen molar-refractivity contribution in [2.45, 2.75) is 58.8 Å². The number of amides is 2. The van der Waals surface area contributed by atoms with Gasteiger partial charge in [0.15, 0.2) is 0 Å². The fourth-order valence-corrected chi connectivity index (χ4v) is 2.52. The number of hydrogen-bond acceptors (Lipinski definition) is 8. The third kappa shape index (κ3) is 12.9. The van der Waals surface area contributed by atoms with Gasteiger partial charge in [-0.25, -0.2) is 19.2 Å². The quantitative estimate of drug-likeness (QED) is 0.149. The van der Waals surface area contributed by atoms with Crippen molar-refractivity contribution in [2.24, 2.45) is 0 Å². The molecule has 10 nitrogen and oxygen atoms in total. The van der Waals surface area contributed by atoms with E-state index in [-0.39, 0.29) is 38.4 Å². The topological polar surface area (TPSA) is 129 Å². The molecule has 0 radical (unpaired) electrons. The Kier molecular flexibility index (Phi) is 12.6. The number of hydrogen-bond donors (Lipinski definition) is 2. The first-order valence-corrected chi connectivity index (χ1v) is 11.1. The molecular weight excluding hydrogens is 456 g/mol. The van der Waals surface area contributed by atoms with Crippen molar-refractivity contribution in [2.75, 3.05) is 13.2 Å². The van der Waals surface area contributed by atoms with Crippen LogP contribution >= 0.6 is 0 Å². The lowest BCUT2D eigenvalue weighted by molar-refractivity contribution is -0.147. The van der Waals surface area contributed by atoms with Gasteiger partial charge in [0.05, 0.1) is 13.2 Å². The van der Waals surface area contributed by atoms with E-state index < -0.39 is 35.8 Å². The molecule has 192 valence electrons. The van der Waals surface area contributed by atoms with Crippen molar-refractivity contribution in [1.82, 2.24) is 10.6 Å². The van der Waals surface area contributed by atoms with E-state index in [9.17, 15) is 19.2 Å². The molecule has 0 fully saturated rings. The summed E-state index contributed by atoms with van der Waals surface area (Å²) in [6.07, 6.45) is 1.68. The molecule has 1 rings (SSSR count). The lowest BCUT2D eigenvalue weighted by Gasteiger charge is -2.22. The van der Waals surface area contributed by atoms with Crippen LogP contribution in [0.3, 0.4) is 0 Å². The van der Waals surface area contributed by atoms with Crippen molar-refractivity contribution < 1.29 is 38.1 Å². The highest BCUT2D eigenvalue weighted by atomic mass is 16.6. The number of allylic oxidation sites excluding steroid dienone is 1. The second kappa shape index (κ2) is 15.2. The second-order valence-electron chi connectivity index (χ2n) is 8.27. The van der Waals surface area contributed by atoms with Crippen LogP contribution < -0.4 is 10.6 Å². The lowest BCUT2D eigenvalue weighted by Crippen LogP contribution is -2.44. The predicted octanol–water partition coefficient (Wildman–Crippen LogP) is 3.76. The van der Waals surface area contributed by atoms with E-state index in [2.05, 4.69) is 17.2 Å². The van der Waals surface area contributed by atoms with Gasteiger partial charge in [0.25, 0.3) is 0 Å². The van der Waals surface area contributed by atoms with Crippen molar-refractivity contribution in [1.29, 1.82) is 0 Å². The Bertz CT molecular complexity index is 890. The average molecular weight is 491 g/mol. The minimum absolute atomic E-state index is 0.0481. The van der Waals surface area contributed by atoms with Crippen LogP contribution in [0.5, 0.6) is 0 Å². The fourth-order valence-electron chi connectivity index (χ4n) is 2.52. The summed E-state index contributed by atoms with van der Waals surface area (Å²) in [6.45, 7) is 10.2. The molecular formula is C25H34N2O8. The summed E-state index contributed by atoms with van der Waals surface area (Å²) in [7, 11) is 0. The van der Waals surface area contributed by atoms with E-state index in [0.29, 0.717) is 0 Å². The van der Waals surface area contributed by atoms with Crippen LogP contribution in [0.25, 0.3) is 0 Å². The molecule has 0 heterocycles. The molecule has 0 saturated carbocycles. The first-order chi connectivity index (χ1) is 16.6. The number of carbonyl (C=O) groups excluding carboxylic acids is 4. The van der Waals surface area contributed by atoms with Gasteiger partial charge in [-0.2, -0.15) is 0 Å². The highest BCUT2D eigenvalue weighted by molar-refractivity contribution is 5.92. The van der Waals surface area contributed by atoms with Crippen LogP contribution in [0.1, 0.15) is 46.1 Å². The molecule has 0 bridgehead atoms. The van der Waals surface area contributed by atoms with Gasteiger partial charge in [-0.05, 0) is 39.7 Å². The van der Waals surface area contributed by atoms with E-state index in [0.717, 1.165) is 5.56 Å². The smallest absolute Gasteiger partial charge is 0.412 e. The monoisotopic (exact) mass is 490 g/mol. The van der Waals surface area contributed by atoms with Crippen molar-refractivity contribution in [3.63, 3.8) is 0 Å². The van der Waals surface area contributed by atoms with Crippen LogP contribution in [-0.4, -0.2) is 49.0 Å². The number of esters is 2. The number of carbonyl (C=O) groups is 4. The summed E-state index contributed by atoms with van der Waals surface area (Å²) < 4.78 is 20.4. The molecule has 0 saturated heterocycles. The first-order valence-electron chi connectivity index (χ1n) is 11.1. The van der Waals surface area contributed by atoms with Gasteiger partial charge in [0, 0.05) is 6.42 Å². The molecule has 1 aromatic rings. The Labute approximate surface area is 205 Å². The Morgan fingerprint density at radius 1 is 1.00 bits per heavy atom. The number of ether oxygens (including phenoxy) is 4. The van der Waals surface area contributed by atoms with E-state index in [1.807, 2.05) is 18.2 Å². The predicted molar refractivity (Wildman–Crippen MR) is 128 cm³/mol. The van der Waals surface area contributed by atoms with E-state index in [4.69, 9.17) is 18.9 Å². The van der Waals surface area contributed by atoms with Gasteiger partial charge in [0.2, 0.25) is 0 Å². The van der Waals surface area contributed by atoms with Crippen molar-refractivity contribution >= 4 is 24.1 Å². The first kappa shape index (κ1) is 29.2. The third-order valence-corrected chi connectivity index (χ3v) is 4.10. The van der Waals surface area contributed by atoms with Gasteiger partial charge >= 0.3 is 24.1 Å². The summed E-state index contributed by atoms with van der Waals surface area (Å²) in [4.78, 5) is 48.3. The fraction of sp³-hybridized carbons (Fsp3) is 0.440. The van der Waals surface area contributed by atoms with E-state index in [1.54, 1.807) is 39.8 Å². The zero-order valence-electron chi connectivity index (χ0n) is 20.6. The SMILES string of the molecule is C=CC[C@H](NC(=O)OC(C)(C)C)C(=O)OCCCOC(=O)/C(=C\C)NC(=O)OCc1ccccc1. The van der Waals surface area contributed by atoms with Crippen LogP contribution in [0, 0.1) is 0 Å². The van der Waals surface area contributed by atoms with Gasteiger partial charge in [-0.15, -0.1) is 6.58 Å². The van der Waals surface area contributed by atoms with Crippen molar-refractivity contribution in [3.8, 4) is 0 Å². The van der Waals surface area contributed by atoms with Gasteiger partial charge in [-0.1, -0.05) is 42.5 Å². The third-order valence-electron chi connectivity index (χ3n) is 4.10. The second-order valence-corrected chi connectivity index (χ2v) is 8.27. The molecule has 0 aliphatic carbocycles.